The van der Waals surface area contributed by atoms with Gasteiger partial charge in [-0.05, 0) is 57.8 Å². The van der Waals surface area contributed by atoms with E-state index in [-0.39, 0.29) is 24.9 Å². The molecule has 6 heteroatoms. The third-order valence-corrected chi connectivity index (χ3v) is 13.5. The van der Waals surface area contributed by atoms with Gasteiger partial charge < -0.3 is 20.3 Å². The number of carbonyl (C=O) groups excluding carboxylic acids is 2. The molecule has 0 bridgehead atoms. The van der Waals surface area contributed by atoms with Gasteiger partial charge in [-0.25, -0.2) is 0 Å². The maximum Gasteiger partial charge on any atom is 0.306 e. The van der Waals surface area contributed by atoms with Gasteiger partial charge in [0.2, 0.25) is 5.91 Å². The molecule has 3 atom stereocenters. The second-order valence-corrected chi connectivity index (χ2v) is 20.1. The average Bonchev–Trinajstić information content (AvgIpc) is 3.30. The standard InChI is InChI=1S/C59H113NO5/c1-4-7-10-13-16-19-22-25-28-31-34-37-40-43-46-49-52-59(64)65-55(50-47-44-41-38-35-32-29-26-23-20-17-14-11-8-5-2)53-58(63)60-56(54-61)57(62)51-48-45-42-39-36-33-30-27-24-21-18-15-12-9-6-3/h17,20,26,29,55-57,61-62H,4-16,18-19,21-25,27-28,30-54H2,1-3H3,(H,60,63)/b20-17-,29-26-. The third-order valence-electron chi connectivity index (χ3n) is 13.5. The third kappa shape index (κ3) is 48.6. The number of nitrogens with one attached hydrogen (secondary N) is 1. The van der Waals surface area contributed by atoms with Gasteiger partial charge in [0.1, 0.15) is 6.10 Å². The van der Waals surface area contributed by atoms with Crippen molar-refractivity contribution in [3.05, 3.63) is 24.3 Å². The quantitative estimate of drug-likeness (QED) is 0.0321. The molecule has 0 aliphatic heterocycles. The molecule has 6 nitrogen and oxygen atoms in total. The summed E-state index contributed by atoms with van der Waals surface area (Å²) in [5.41, 5.74) is 0. The van der Waals surface area contributed by atoms with E-state index in [1.54, 1.807) is 0 Å². The van der Waals surface area contributed by atoms with Gasteiger partial charge in [-0.15, -0.1) is 0 Å². The van der Waals surface area contributed by atoms with Crippen molar-refractivity contribution in [1.29, 1.82) is 0 Å². The minimum absolute atomic E-state index is 0.0741. The highest BCUT2D eigenvalue weighted by Gasteiger charge is 2.24. The number of hydrogen-bond acceptors (Lipinski definition) is 5. The Morgan fingerprint density at radius 3 is 1.20 bits per heavy atom. The summed E-state index contributed by atoms with van der Waals surface area (Å²) in [7, 11) is 0. The highest BCUT2D eigenvalue weighted by Crippen LogP contribution is 2.19. The number of ether oxygens (including phenoxy) is 1. The highest BCUT2D eigenvalue weighted by atomic mass is 16.5. The van der Waals surface area contributed by atoms with Crippen LogP contribution in [-0.4, -0.2) is 46.9 Å². The Morgan fingerprint density at radius 2 is 0.785 bits per heavy atom. The summed E-state index contributed by atoms with van der Waals surface area (Å²) >= 11 is 0. The summed E-state index contributed by atoms with van der Waals surface area (Å²) in [5, 5.41) is 23.9. The van der Waals surface area contributed by atoms with Gasteiger partial charge in [-0.3, -0.25) is 9.59 Å². The van der Waals surface area contributed by atoms with E-state index in [1.165, 1.54) is 205 Å². The number of rotatable bonds is 53. The zero-order chi connectivity index (χ0) is 47.4. The van der Waals surface area contributed by atoms with Crippen molar-refractivity contribution < 1.29 is 24.5 Å². The number of amides is 1. The average molecular weight is 917 g/mol. The number of carbonyl (C=O) groups is 2. The first kappa shape index (κ1) is 63.3. The normalized spacial score (nSPS) is 13.2. The highest BCUT2D eigenvalue weighted by molar-refractivity contribution is 5.77. The fourth-order valence-electron chi connectivity index (χ4n) is 9.11. The van der Waals surface area contributed by atoms with Crippen LogP contribution in [0.3, 0.4) is 0 Å². The summed E-state index contributed by atoms with van der Waals surface area (Å²) in [6, 6.07) is -0.702. The molecule has 0 aromatic heterocycles. The van der Waals surface area contributed by atoms with Gasteiger partial charge in [0, 0.05) is 6.42 Å². The van der Waals surface area contributed by atoms with E-state index in [0.29, 0.717) is 19.3 Å². The van der Waals surface area contributed by atoms with Crippen LogP contribution in [0.25, 0.3) is 0 Å². The number of hydrogen-bond donors (Lipinski definition) is 3. The van der Waals surface area contributed by atoms with E-state index >= 15 is 0 Å². The maximum absolute atomic E-state index is 13.3. The lowest BCUT2D eigenvalue weighted by atomic mass is 10.0. The van der Waals surface area contributed by atoms with Crippen LogP contribution < -0.4 is 5.32 Å². The molecule has 0 aliphatic rings. The van der Waals surface area contributed by atoms with Gasteiger partial charge in [-0.2, -0.15) is 0 Å². The van der Waals surface area contributed by atoms with Gasteiger partial charge in [-0.1, -0.05) is 270 Å². The first-order valence-electron chi connectivity index (χ1n) is 29.1. The Kier molecular flexibility index (Phi) is 51.9. The van der Waals surface area contributed by atoms with E-state index in [2.05, 4.69) is 50.4 Å². The van der Waals surface area contributed by atoms with Crippen LogP contribution in [0.4, 0.5) is 0 Å². The summed E-state index contributed by atoms with van der Waals surface area (Å²) in [6.07, 6.45) is 62.4. The Balaban J connectivity index is 4.53. The van der Waals surface area contributed by atoms with E-state index in [0.717, 1.165) is 64.2 Å². The monoisotopic (exact) mass is 916 g/mol. The lowest BCUT2D eigenvalue weighted by Gasteiger charge is -2.24. The SMILES string of the molecule is CCCCC/C=C\C/C=C\CCCCCCCC(CC(=O)NC(CO)C(O)CCCCCCCCCCCCCCCCC)OC(=O)CCCCCCCCCCCCCCCCCC. The molecule has 0 radical (unpaired) electrons. The van der Waals surface area contributed by atoms with E-state index in [9.17, 15) is 19.8 Å². The summed E-state index contributed by atoms with van der Waals surface area (Å²) in [5.74, 6) is -0.468. The molecule has 0 saturated heterocycles. The first-order chi connectivity index (χ1) is 32.0. The summed E-state index contributed by atoms with van der Waals surface area (Å²) < 4.78 is 5.96. The summed E-state index contributed by atoms with van der Waals surface area (Å²) in [4.78, 5) is 26.3. The smallest absolute Gasteiger partial charge is 0.306 e. The molecule has 0 aromatic carbocycles. The molecule has 65 heavy (non-hydrogen) atoms. The predicted molar refractivity (Wildman–Crippen MR) is 283 cm³/mol. The molecule has 0 heterocycles. The largest absolute Gasteiger partial charge is 0.462 e. The molecular formula is C59H113NO5. The van der Waals surface area contributed by atoms with Crippen molar-refractivity contribution in [2.45, 2.75) is 334 Å². The van der Waals surface area contributed by atoms with Crippen molar-refractivity contribution >= 4 is 11.9 Å². The zero-order valence-corrected chi connectivity index (χ0v) is 43.9. The molecule has 0 aromatic rings. The van der Waals surface area contributed by atoms with E-state index in [1.807, 2.05) is 0 Å². The fraction of sp³-hybridized carbons (Fsp3) is 0.898. The maximum atomic E-state index is 13.3. The molecule has 0 rings (SSSR count). The van der Waals surface area contributed by atoms with Gasteiger partial charge >= 0.3 is 5.97 Å². The van der Waals surface area contributed by atoms with Crippen molar-refractivity contribution in [3.63, 3.8) is 0 Å². The van der Waals surface area contributed by atoms with Crippen LogP contribution in [0, 0.1) is 0 Å². The van der Waals surface area contributed by atoms with Crippen molar-refractivity contribution in [3.8, 4) is 0 Å². The Labute approximate surface area is 405 Å². The molecule has 1 amide bonds. The number of esters is 1. The van der Waals surface area contributed by atoms with Crippen molar-refractivity contribution in [1.82, 2.24) is 5.32 Å². The molecule has 0 spiro atoms. The van der Waals surface area contributed by atoms with Crippen molar-refractivity contribution in [2.24, 2.45) is 0 Å². The fourth-order valence-corrected chi connectivity index (χ4v) is 9.11. The van der Waals surface area contributed by atoms with Crippen LogP contribution in [0.15, 0.2) is 24.3 Å². The number of aliphatic hydroxyl groups excluding tert-OH is 2. The van der Waals surface area contributed by atoms with Crippen LogP contribution in [0.5, 0.6) is 0 Å². The minimum atomic E-state index is -0.788. The molecule has 384 valence electrons. The van der Waals surface area contributed by atoms with Crippen LogP contribution in [-0.2, 0) is 14.3 Å². The predicted octanol–water partition coefficient (Wildman–Crippen LogP) is 17.9. The van der Waals surface area contributed by atoms with E-state index < -0.39 is 18.2 Å². The molecule has 3 N–H and O–H groups in total. The molecule has 3 unspecified atom stereocenters. The summed E-state index contributed by atoms with van der Waals surface area (Å²) in [6.45, 7) is 6.50. The zero-order valence-electron chi connectivity index (χ0n) is 43.9. The van der Waals surface area contributed by atoms with E-state index in [4.69, 9.17) is 4.74 Å². The lowest BCUT2D eigenvalue weighted by molar-refractivity contribution is -0.151. The Bertz CT molecular complexity index is 1030. The minimum Gasteiger partial charge on any atom is -0.462 e. The number of unbranched alkanes of at least 4 members (excludes halogenated alkanes) is 37. The van der Waals surface area contributed by atoms with Gasteiger partial charge in [0.05, 0.1) is 25.2 Å². The topological polar surface area (TPSA) is 95.9 Å². The molecule has 0 aliphatic carbocycles. The Hall–Kier alpha value is -1.66. The van der Waals surface area contributed by atoms with Crippen molar-refractivity contribution in [2.75, 3.05) is 6.61 Å². The van der Waals surface area contributed by atoms with Crippen LogP contribution >= 0.6 is 0 Å². The van der Waals surface area contributed by atoms with Gasteiger partial charge in [0.25, 0.3) is 0 Å². The lowest BCUT2D eigenvalue weighted by Crippen LogP contribution is -2.46. The van der Waals surface area contributed by atoms with Crippen LogP contribution in [0.2, 0.25) is 0 Å². The number of aliphatic hydroxyl groups is 2. The first-order valence-corrected chi connectivity index (χ1v) is 29.1. The molecule has 0 saturated carbocycles. The second-order valence-electron chi connectivity index (χ2n) is 20.1. The Morgan fingerprint density at radius 1 is 0.446 bits per heavy atom. The van der Waals surface area contributed by atoms with Gasteiger partial charge in [0.15, 0.2) is 0 Å². The molecular weight excluding hydrogens is 803 g/mol. The number of allylic oxidation sites excluding steroid dienone is 4. The molecule has 0 fully saturated rings. The second kappa shape index (κ2) is 53.3. The van der Waals surface area contributed by atoms with Crippen LogP contribution in [0.1, 0.15) is 316 Å².